The summed E-state index contributed by atoms with van der Waals surface area (Å²) in [5, 5.41) is 0. The number of carbonyl (C=O) groups is 1. The van der Waals surface area contributed by atoms with Crippen LogP contribution in [0.2, 0.25) is 0 Å². The third-order valence-corrected chi connectivity index (χ3v) is 5.32. The van der Waals surface area contributed by atoms with Gasteiger partial charge in [-0.3, -0.25) is 4.21 Å². The predicted molar refractivity (Wildman–Crippen MR) is 91.2 cm³/mol. The van der Waals surface area contributed by atoms with Crippen LogP contribution in [0, 0.1) is 11.7 Å². The van der Waals surface area contributed by atoms with E-state index in [1.54, 1.807) is 12.1 Å². The van der Waals surface area contributed by atoms with Gasteiger partial charge in [0.1, 0.15) is 12.1 Å². The molecular weight excluding hydrogens is 313 g/mol. The van der Waals surface area contributed by atoms with Crippen molar-refractivity contribution in [3.8, 4) is 0 Å². The van der Waals surface area contributed by atoms with Crippen LogP contribution < -0.4 is 5.73 Å². The van der Waals surface area contributed by atoms with E-state index in [-0.39, 0.29) is 17.5 Å². The minimum Gasteiger partial charge on any atom is -0.399 e. The quantitative estimate of drug-likeness (QED) is 0.624. The van der Waals surface area contributed by atoms with Crippen molar-refractivity contribution in [2.45, 2.75) is 24.7 Å². The second kappa shape index (κ2) is 8.02. The number of hydrogen-bond acceptors (Lipinski definition) is 3. The Labute approximate surface area is 138 Å². The fourth-order valence-electron chi connectivity index (χ4n) is 2.37. The molecule has 0 heterocycles. The molecule has 0 radical (unpaired) electrons. The molecule has 0 aliphatic rings. The minimum atomic E-state index is -1.34. The van der Waals surface area contributed by atoms with Gasteiger partial charge in [-0.1, -0.05) is 19.1 Å². The van der Waals surface area contributed by atoms with Crippen molar-refractivity contribution < 1.29 is 13.4 Å². The summed E-state index contributed by atoms with van der Waals surface area (Å²) in [6.07, 6.45) is 1.92. The first kappa shape index (κ1) is 17.3. The molecule has 0 bridgehead atoms. The average Bonchev–Trinajstić information content (AvgIpc) is 2.52. The van der Waals surface area contributed by atoms with Crippen molar-refractivity contribution in [1.82, 2.24) is 0 Å². The van der Waals surface area contributed by atoms with E-state index in [2.05, 4.69) is 0 Å². The monoisotopic (exact) mass is 333 g/mol. The Bertz CT molecular complexity index is 718. The van der Waals surface area contributed by atoms with Crippen LogP contribution in [0.3, 0.4) is 0 Å². The Morgan fingerprint density at radius 1 is 1.26 bits per heavy atom. The molecule has 122 valence electrons. The van der Waals surface area contributed by atoms with E-state index in [0.717, 1.165) is 11.8 Å². The standard InChI is InChI=1S/C18H20FNO2S/c1-2-13(11-21)12-23(22)18-7-6-16(19)10-15(18)8-14-4-3-5-17(20)9-14/h3-7,9-11,13H,2,8,12,20H2,1H3. The molecule has 2 N–H and O–H groups in total. The van der Waals surface area contributed by atoms with Gasteiger partial charge in [-0.05, 0) is 54.3 Å². The Hall–Kier alpha value is -2.01. The predicted octanol–water partition coefficient (Wildman–Crippen LogP) is 3.33. The Kier molecular flexibility index (Phi) is 6.04. The molecule has 0 spiro atoms. The molecule has 23 heavy (non-hydrogen) atoms. The molecule has 0 aliphatic carbocycles. The van der Waals surface area contributed by atoms with Gasteiger partial charge in [-0.2, -0.15) is 0 Å². The SMILES string of the molecule is CCC(C=O)CS(=O)c1ccc(F)cc1Cc1cccc(N)c1. The number of nitrogen functional groups attached to an aromatic ring is 1. The summed E-state index contributed by atoms with van der Waals surface area (Å²) in [7, 11) is -1.34. The van der Waals surface area contributed by atoms with Gasteiger partial charge in [0.15, 0.2) is 0 Å². The highest BCUT2D eigenvalue weighted by Gasteiger charge is 2.16. The van der Waals surface area contributed by atoms with Crippen LogP contribution in [0.5, 0.6) is 0 Å². The molecule has 0 saturated carbocycles. The first-order chi connectivity index (χ1) is 11.0. The number of aldehydes is 1. The normalized spacial score (nSPS) is 13.5. The van der Waals surface area contributed by atoms with Gasteiger partial charge >= 0.3 is 0 Å². The van der Waals surface area contributed by atoms with E-state index in [0.29, 0.717) is 29.0 Å². The topological polar surface area (TPSA) is 60.2 Å². The summed E-state index contributed by atoms with van der Waals surface area (Å²) in [5.74, 6) is -0.358. The molecule has 0 aliphatic heterocycles. The second-order valence-electron chi connectivity index (χ2n) is 5.49. The summed E-state index contributed by atoms with van der Waals surface area (Å²) in [6, 6.07) is 11.6. The average molecular weight is 333 g/mol. The fraction of sp³-hybridized carbons (Fsp3) is 0.278. The van der Waals surface area contributed by atoms with Crippen molar-refractivity contribution in [3.05, 3.63) is 59.4 Å². The molecular formula is C18H20FNO2S. The number of benzene rings is 2. The first-order valence-electron chi connectivity index (χ1n) is 7.50. The van der Waals surface area contributed by atoms with Crippen LogP contribution in [0.1, 0.15) is 24.5 Å². The van der Waals surface area contributed by atoms with Gasteiger partial charge < -0.3 is 10.5 Å². The zero-order valence-electron chi connectivity index (χ0n) is 13.0. The van der Waals surface area contributed by atoms with Crippen LogP contribution in [0.25, 0.3) is 0 Å². The lowest BCUT2D eigenvalue weighted by Gasteiger charge is -2.12. The summed E-state index contributed by atoms with van der Waals surface area (Å²) in [5.41, 5.74) is 7.99. The van der Waals surface area contributed by atoms with Gasteiger partial charge in [0.25, 0.3) is 0 Å². The van der Waals surface area contributed by atoms with Crippen LogP contribution in [-0.2, 0) is 22.0 Å². The number of hydrogen-bond donors (Lipinski definition) is 1. The highest BCUT2D eigenvalue weighted by atomic mass is 32.2. The lowest BCUT2D eigenvalue weighted by molar-refractivity contribution is -0.110. The van der Waals surface area contributed by atoms with Crippen molar-refractivity contribution in [2.75, 3.05) is 11.5 Å². The van der Waals surface area contributed by atoms with Crippen molar-refractivity contribution >= 4 is 22.8 Å². The first-order valence-corrected chi connectivity index (χ1v) is 8.82. The molecule has 0 saturated heterocycles. The van der Waals surface area contributed by atoms with Gasteiger partial charge in [-0.15, -0.1) is 0 Å². The summed E-state index contributed by atoms with van der Waals surface area (Å²) >= 11 is 0. The highest BCUT2D eigenvalue weighted by molar-refractivity contribution is 7.85. The maximum absolute atomic E-state index is 13.6. The number of carbonyl (C=O) groups excluding carboxylic acids is 1. The van der Waals surface area contributed by atoms with E-state index >= 15 is 0 Å². The molecule has 5 heteroatoms. The van der Waals surface area contributed by atoms with Crippen LogP contribution in [0.15, 0.2) is 47.4 Å². The molecule has 0 fully saturated rings. The fourth-order valence-corrected chi connectivity index (χ4v) is 3.89. The molecule has 0 aromatic heterocycles. The lowest BCUT2D eigenvalue weighted by Crippen LogP contribution is -2.13. The van der Waals surface area contributed by atoms with E-state index in [1.165, 1.54) is 12.1 Å². The molecule has 0 amide bonds. The zero-order chi connectivity index (χ0) is 16.8. The lowest BCUT2D eigenvalue weighted by atomic mass is 10.0. The van der Waals surface area contributed by atoms with E-state index in [4.69, 9.17) is 5.73 Å². The van der Waals surface area contributed by atoms with Crippen LogP contribution in [0.4, 0.5) is 10.1 Å². The largest absolute Gasteiger partial charge is 0.399 e. The third-order valence-electron chi connectivity index (χ3n) is 3.70. The van der Waals surface area contributed by atoms with Gasteiger partial charge in [0, 0.05) is 22.3 Å². The van der Waals surface area contributed by atoms with Gasteiger partial charge in [-0.25, -0.2) is 4.39 Å². The molecule has 2 unspecified atom stereocenters. The maximum Gasteiger partial charge on any atom is 0.123 e. The van der Waals surface area contributed by atoms with Crippen molar-refractivity contribution in [3.63, 3.8) is 0 Å². The molecule has 2 atom stereocenters. The summed E-state index contributed by atoms with van der Waals surface area (Å²) < 4.78 is 26.2. The molecule has 2 aromatic rings. The highest BCUT2D eigenvalue weighted by Crippen LogP contribution is 2.22. The van der Waals surface area contributed by atoms with E-state index in [9.17, 15) is 13.4 Å². The number of nitrogens with two attached hydrogens (primary N) is 1. The Morgan fingerprint density at radius 3 is 2.70 bits per heavy atom. The Morgan fingerprint density at radius 2 is 2.04 bits per heavy atom. The summed E-state index contributed by atoms with van der Waals surface area (Å²) in [6.45, 7) is 1.88. The van der Waals surface area contributed by atoms with E-state index < -0.39 is 10.8 Å². The Balaban J connectivity index is 2.30. The van der Waals surface area contributed by atoms with Gasteiger partial charge in [0.2, 0.25) is 0 Å². The number of anilines is 1. The number of halogens is 1. The maximum atomic E-state index is 13.6. The minimum absolute atomic E-state index is 0.249. The zero-order valence-corrected chi connectivity index (χ0v) is 13.8. The van der Waals surface area contributed by atoms with Gasteiger partial charge in [0.05, 0.1) is 10.8 Å². The van der Waals surface area contributed by atoms with Crippen LogP contribution in [-0.4, -0.2) is 16.2 Å². The van der Waals surface area contributed by atoms with Crippen molar-refractivity contribution in [2.24, 2.45) is 5.92 Å². The number of rotatable bonds is 7. The molecule has 3 nitrogen and oxygen atoms in total. The summed E-state index contributed by atoms with van der Waals surface area (Å²) in [4.78, 5) is 11.5. The third kappa shape index (κ3) is 4.73. The van der Waals surface area contributed by atoms with E-state index in [1.807, 2.05) is 25.1 Å². The smallest absolute Gasteiger partial charge is 0.123 e. The molecule has 2 aromatic carbocycles. The second-order valence-corrected chi connectivity index (χ2v) is 6.95. The van der Waals surface area contributed by atoms with Crippen molar-refractivity contribution in [1.29, 1.82) is 0 Å². The molecule has 2 rings (SSSR count). The van der Waals surface area contributed by atoms with Crippen LogP contribution >= 0.6 is 0 Å².